The first-order valence-electron chi connectivity index (χ1n) is 6.60. The summed E-state index contributed by atoms with van der Waals surface area (Å²) in [6.45, 7) is 2.29. The summed E-state index contributed by atoms with van der Waals surface area (Å²) in [6.07, 6.45) is 2.32. The number of tetrazole rings is 1. The molecule has 0 saturated carbocycles. The fourth-order valence-electron chi connectivity index (χ4n) is 2.25. The van der Waals surface area contributed by atoms with Gasteiger partial charge in [0.1, 0.15) is 6.33 Å². The minimum Gasteiger partial charge on any atom is -0.342 e. The Bertz CT molecular complexity index is 617. The number of hydrogen-bond donors (Lipinski definition) is 0. The second-order valence-electron chi connectivity index (χ2n) is 4.73. The standard InChI is InChI=1S/C13H14N6O2/c20-10-17-5-7-18(8-6-17)13(21)11-1-3-12(4-2-11)19-9-14-15-16-19/h1-4,9-10H,5-8H2. The molecule has 108 valence electrons. The van der Waals surface area contributed by atoms with E-state index in [0.29, 0.717) is 31.7 Å². The molecule has 2 aromatic rings. The van der Waals surface area contributed by atoms with Gasteiger partial charge in [-0.3, -0.25) is 9.59 Å². The number of nitrogens with zero attached hydrogens (tertiary/aromatic N) is 6. The third kappa shape index (κ3) is 2.73. The molecule has 2 amide bonds. The Morgan fingerprint density at radius 1 is 1.10 bits per heavy atom. The molecule has 1 fully saturated rings. The number of carbonyl (C=O) groups is 2. The highest BCUT2D eigenvalue weighted by molar-refractivity contribution is 5.94. The van der Waals surface area contributed by atoms with Gasteiger partial charge in [0.05, 0.1) is 5.69 Å². The highest BCUT2D eigenvalue weighted by atomic mass is 16.2. The molecule has 8 heteroatoms. The van der Waals surface area contributed by atoms with Crippen molar-refractivity contribution in [3.8, 4) is 5.69 Å². The predicted molar refractivity (Wildman–Crippen MR) is 72.7 cm³/mol. The molecule has 0 radical (unpaired) electrons. The summed E-state index contributed by atoms with van der Waals surface area (Å²) < 4.78 is 1.52. The second kappa shape index (κ2) is 5.70. The minimum atomic E-state index is -0.0242. The van der Waals surface area contributed by atoms with E-state index in [1.165, 1.54) is 11.0 Å². The van der Waals surface area contributed by atoms with Crippen LogP contribution in [-0.4, -0.2) is 68.5 Å². The van der Waals surface area contributed by atoms with Crippen molar-refractivity contribution < 1.29 is 9.59 Å². The highest BCUT2D eigenvalue weighted by Gasteiger charge is 2.21. The van der Waals surface area contributed by atoms with Crippen LogP contribution in [0.5, 0.6) is 0 Å². The summed E-state index contributed by atoms with van der Waals surface area (Å²) in [5.41, 5.74) is 1.41. The zero-order chi connectivity index (χ0) is 14.7. The molecule has 3 rings (SSSR count). The van der Waals surface area contributed by atoms with Crippen molar-refractivity contribution in [1.82, 2.24) is 30.0 Å². The van der Waals surface area contributed by atoms with E-state index in [4.69, 9.17) is 0 Å². The van der Waals surface area contributed by atoms with Crippen molar-refractivity contribution in [2.45, 2.75) is 0 Å². The van der Waals surface area contributed by atoms with Crippen LogP contribution in [0.4, 0.5) is 0 Å². The fourth-order valence-corrected chi connectivity index (χ4v) is 2.25. The lowest BCUT2D eigenvalue weighted by Gasteiger charge is -2.32. The van der Waals surface area contributed by atoms with Crippen molar-refractivity contribution in [1.29, 1.82) is 0 Å². The number of piperazine rings is 1. The summed E-state index contributed by atoms with van der Waals surface area (Å²) in [5, 5.41) is 10.9. The van der Waals surface area contributed by atoms with Crippen LogP contribution < -0.4 is 0 Å². The van der Waals surface area contributed by atoms with E-state index >= 15 is 0 Å². The van der Waals surface area contributed by atoms with Gasteiger partial charge >= 0.3 is 0 Å². The fraction of sp³-hybridized carbons (Fsp3) is 0.308. The van der Waals surface area contributed by atoms with E-state index in [1.54, 1.807) is 34.1 Å². The molecule has 1 aromatic carbocycles. The minimum absolute atomic E-state index is 0.0242. The van der Waals surface area contributed by atoms with Crippen molar-refractivity contribution >= 4 is 12.3 Å². The van der Waals surface area contributed by atoms with Crippen LogP contribution in [0.25, 0.3) is 5.69 Å². The number of aromatic nitrogens is 4. The van der Waals surface area contributed by atoms with Gasteiger partial charge in [-0.2, -0.15) is 0 Å². The average molecular weight is 286 g/mol. The number of hydrogen-bond acceptors (Lipinski definition) is 5. The molecule has 0 unspecified atom stereocenters. The van der Waals surface area contributed by atoms with Crippen LogP contribution in [0, 0.1) is 0 Å². The topological polar surface area (TPSA) is 84.2 Å². The molecule has 0 N–H and O–H groups in total. The quantitative estimate of drug-likeness (QED) is 0.715. The van der Waals surface area contributed by atoms with E-state index in [-0.39, 0.29) is 5.91 Å². The predicted octanol–water partition coefficient (Wildman–Crippen LogP) is -0.424. The summed E-state index contributed by atoms with van der Waals surface area (Å²) in [6, 6.07) is 7.10. The van der Waals surface area contributed by atoms with Crippen molar-refractivity contribution in [3.05, 3.63) is 36.2 Å². The number of carbonyl (C=O) groups excluding carboxylic acids is 2. The lowest BCUT2D eigenvalue weighted by Crippen LogP contribution is -2.48. The number of benzene rings is 1. The first-order chi connectivity index (χ1) is 10.3. The van der Waals surface area contributed by atoms with Gasteiger partial charge in [0, 0.05) is 31.7 Å². The van der Waals surface area contributed by atoms with E-state index in [1.807, 2.05) is 0 Å². The van der Waals surface area contributed by atoms with Crippen LogP contribution in [0.15, 0.2) is 30.6 Å². The largest absolute Gasteiger partial charge is 0.342 e. The molecular formula is C13H14N6O2. The van der Waals surface area contributed by atoms with Gasteiger partial charge in [-0.1, -0.05) is 0 Å². The molecule has 8 nitrogen and oxygen atoms in total. The summed E-state index contributed by atoms with van der Waals surface area (Å²) in [5.74, 6) is -0.0242. The van der Waals surface area contributed by atoms with Gasteiger partial charge in [0.2, 0.25) is 6.41 Å². The van der Waals surface area contributed by atoms with Gasteiger partial charge < -0.3 is 9.80 Å². The molecule has 0 aliphatic carbocycles. The maximum Gasteiger partial charge on any atom is 0.253 e. The average Bonchev–Trinajstić information content (AvgIpc) is 3.09. The Balaban J connectivity index is 1.69. The lowest BCUT2D eigenvalue weighted by atomic mass is 10.1. The Labute approximate surface area is 120 Å². The molecule has 0 atom stereocenters. The third-order valence-corrected chi connectivity index (χ3v) is 3.48. The van der Waals surface area contributed by atoms with Crippen LogP contribution in [0.3, 0.4) is 0 Å². The SMILES string of the molecule is O=CN1CCN(C(=O)c2ccc(-n3cnnn3)cc2)CC1. The van der Waals surface area contributed by atoms with Crippen molar-refractivity contribution in [2.75, 3.05) is 26.2 Å². The van der Waals surface area contributed by atoms with Crippen molar-refractivity contribution in [3.63, 3.8) is 0 Å². The summed E-state index contributed by atoms with van der Waals surface area (Å²) in [4.78, 5) is 26.5. The van der Waals surface area contributed by atoms with Gasteiger partial charge in [0.15, 0.2) is 0 Å². The van der Waals surface area contributed by atoms with Crippen LogP contribution >= 0.6 is 0 Å². The molecule has 2 heterocycles. The van der Waals surface area contributed by atoms with Crippen LogP contribution in [0.2, 0.25) is 0 Å². The van der Waals surface area contributed by atoms with E-state index in [0.717, 1.165) is 12.1 Å². The number of amides is 2. The molecular weight excluding hydrogens is 272 g/mol. The Morgan fingerprint density at radius 2 is 1.81 bits per heavy atom. The maximum absolute atomic E-state index is 12.4. The molecule has 1 aromatic heterocycles. The summed E-state index contributed by atoms with van der Waals surface area (Å²) in [7, 11) is 0. The zero-order valence-electron chi connectivity index (χ0n) is 11.3. The maximum atomic E-state index is 12.4. The smallest absolute Gasteiger partial charge is 0.253 e. The third-order valence-electron chi connectivity index (χ3n) is 3.48. The monoisotopic (exact) mass is 286 g/mol. The Kier molecular flexibility index (Phi) is 3.59. The second-order valence-corrected chi connectivity index (χ2v) is 4.73. The Hall–Kier alpha value is -2.77. The van der Waals surface area contributed by atoms with E-state index in [9.17, 15) is 9.59 Å². The first kappa shape index (κ1) is 13.2. The van der Waals surface area contributed by atoms with Gasteiger partial charge in [-0.25, -0.2) is 4.68 Å². The molecule has 0 bridgehead atoms. The van der Waals surface area contributed by atoms with Crippen LogP contribution in [-0.2, 0) is 4.79 Å². The highest BCUT2D eigenvalue weighted by Crippen LogP contribution is 2.11. The van der Waals surface area contributed by atoms with Crippen molar-refractivity contribution in [2.24, 2.45) is 0 Å². The lowest BCUT2D eigenvalue weighted by molar-refractivity contribution is -0.119. The number of rotatable bonds is 3. The van der Waals surface area contributed by atoms with E-state index in [2.05, 4.69) is 15.5 Å². The zero-order valence-corrected chi connectivity index (χ0v) is 11.3. The molecule has 1 aliphatic rings. The van der Waals surface area contributed by atoms with Crippen LogP contribution in [0.1, 0.15) is 10.4 Å². The van der Waals surface area contributed by atoms with Gasteiger partial charge in [-0.05, 0) is 34.7 Å². The molecule has 1 aliphatic heterocycles. The van der Waals surface area contributed by atoms with Gasteiger partial charge in [-0.15, -0.1) is 5.10 Å². The normalized spacial score (nSPS) is 15.0. The Morgan fingerprint density at radius 3 is 2.38 bits per heavy atom. The summed E-state index contributed by atoms with van der Waals surface area (Å²) >= 11 is 0. The first-order valence-corrected chi connectivity index (χ1v) is 6.60. The molecule has 1 saturated heterocycles. The van der Waals surface area contributed by atoms with Gasteiger partial charge in [0.25, 0.3) is 5.91 Å². The molecule has 0 spiro atoms. The van der Waals surface area contributed by atoms with E-state index < -0.39 is 0 Å². The molecule has 21 heavy (non-hydrogen) atoms.